The van der Waals surface area contributed by atoms with Crippen LogP contribution in [0.4, 0.5) is 0 Å². The summed E-state index contributed by atoms with van der Waals surface area (Å²) < 4.78 is 31.7. The summed E-state index contributed by atoms with van der Waals surface area (Å²) in [6.07, 6.45) is 3.24. The van der Waals surface area contributed by atoms with E-state index in [9.17, 15) is 8.42 Å². The third-order valence-corrected chi connectivity index (χ3v) is 8.99. The van der Waals surface area contributed by atoms with Crippen LogP contribution in [0.2, 0.25) is 0 Å². The minimum atomic E-state index is -3.50. The summed E-state index contributed by atoms with van der Waals surface area (Å²) in [7, 11) is -3.50. The van der Waals surface area contributed by atoms with Crippen LogP contribution in [-0.2, 0) is 16.6 Å². The highest BCUT2D eigenvalue weighted by Crippen LogP contribution is 2.36. The van der Waals surface area contributed by atoms with E-state index in [1.807, 2.05) is 13.8 Å². The van der Waals surface area contributed by atoms with E-state index in [4.69, 9.17) is 4.98 Å². The molecule has 0 saturated carbocycles. The zero-order valence-electron chi connectivity index (χ0n) is 17.1. The summed E-state index contributed by atoms with van der Waals surface area (Å²) in [5.74, 6) is 1.32. The highest BCUT2D eigenvalue weighted by atomic mass is 32.2. The average Bonchev–Trinajstić information content (AvgIpc) is 3.30. The van der Waals surface area contributed by atoms with Crippen LogP contribution in [0.5, 0.6) is 0 Å². The number of aryl methyl sites for hydroxylation is 5. The van der Waals surface area contributed by atoms with Gasteiger partial charge in [0.05, 0.1) is 11.4 Å². The first-order valence-electron chi connectivity index (χ1n) is 9.73. The minimum absolute atomic E-state index is 0.298. The largest absolute Gasteiger partial charge is 0.291 e. The maximum absolute atomic E-state index is 13.1. The van der Waals surface area contributed by atoms with Gasteiger partial charge in [0.2, 0.25) is 10.0 Å². The lowest BCUT2D eigenvalue weighted by Crippen LogP contribution is -2.38. The Morgan fingerprint density at radius 2 is 1.86 bits per heavy atom. The van der Waals surface area contributed by atoms with Crippen LogP contribution in [0.1, 0.15) is 53.5 Å². The van der Waals surface area contributed by atoms with Crippen molar-refractivity contribution in [1.82, 2.24) is 23.5 Å². The Morgan fingerprint density at radius 3 is 2.46 bits per heavy atom. The van der Waals surface area contributed by atoms with Gasteiger partial charge in [-0.2, -0.15) is 9.40 Å². The topological polar surface area (TPSA) is 72.5 Å². The molecule has 0 amide bonds. The fourth-order valence-corrected chi connectivity index (χ4v) is 6.94. The van der Waals surface area contributed by atoms with Crippen molar-refractivity contribution < 1.29 is 8.42 Å². The Bertz CT molecular complexity index is 1130. The van der Waals surface area contributed by atoms with E-state index in [-0.39, 0.29) is 0 Å². The van der Waals surface area contributed by atoms with Crippen molar-refractivity contribution in [3.63, 3.8) is 0 Å². The molecule has 1 saturated heterocycles. The number of thiazole rings is 1. The molecule has 0 aliphatic carbocycles. The fourth-order valence-electron chi connectivity index (χ4n) is 4.09. The second-order valence-corrected chi connectivity index (χ2v) is 10.7. The van der Waals surface area contributed by atoms with Crippen LogP contribution < -0.4 is 0 Å². The number of imidazole rings is 1. The van der Waals surface area contributed by atoms with Crippen molar-refractivity contribution in [3.8, 4) is 0 Å². The lowest BCUT2D eigenvalue weighted by molar-refractivity contribution is 0.318. The van der Waals surface area contributed by atoms with Crippen molar-refractivity contribution in [2.24, 2.45) is 0 Å². The van der Waals surface area contributed by atoms with Crippen LogP contribution in [-0.4, -0.2) is 45.0 Å². The average molecular weight is 422 g/mol. The number of rotatable bonds is 4. The van der Waals surface area contributed by atoms with Crippen molar-refractivity contribution >= 4 is 26.2 Å². The monoisotopic (exact) mass is 421 g/mol. The Hall–Kier alpha value is -1.71. The number of nitrogens with zero attached hydrogens (tertiary/aromatic N) is 5. The normalized spacial score (nSPS) is 17.0. The van der Waals surface area contributed by atoms with Gasteiger partial charge in [0.25, 0.3) is 0 Å². The summed E-state index contributed by atoms with van der Waals surface area (Å²) in [5.41, 5.74) is 2.95. The number of aromatic nitrogens is 4. The van der Waals surface area contributed by atoms with Crippen LogP contribution in [0.25, 0.3) is 4.83 Å². The van der Waals surface area contributed by atoms with Gasteiger partial charge >= 0.3 is 0 Å². The van der Waals surface area contributed by atoms with E-state index in [2.05, 4.69) is 23.3 Å². The Labute approximate surface area is 170 Å². The number of hydrogen-bond acceptors (Lipinski definition) is 5. The molecule has 0 bridgehead atoms. The SMILES string of the molecule is CCn1cc(S(=O)(=O)N2CCC(c3nc(C)n4c(C)c(C)sc34)CC2)c(C)n1. The third kappa shape index (κ3) is 3.00. The Morgan fingerprint density at radius 1 is 1.18 bits per heavy atom. The Kier molecular flexibility index (Phi) is 4.87. The van der Waals surface area contributed by atoms with Gasteiger partial charge in [-0.05, 0) is 47.5 Å². The number of sulfonamides is 1. The van der Waals surface area contributed by atoms with Crippen molar-refractivity contribution in [3.05, 3.63) is 34.0 Å². The molecule has 3 aromatic heterocycles. The molecule has 0 N–H and O–H groups in total. The van der Waals surface area contributed by atoms with Crippen molar-refractivity contribution in [2.45, 2.75) is 64.8 Å². The van der Waals surface area contributed by atoms with Crippen LogP contribution >= 0.6 is 11.3 Å². The molecule has 0 radical (unpaired) electrons. The second kappa shape index (κ2) is 6.96. The smallest absolute Gasteiger partial charge is 0.246 e. The first kappa shape index (κ1) is 19.6. The molecule has 7 nitrogen and oxygen atoms in total. The molecule has 0 spiro atoms. The standard InChI is InChI=1S/C19H27N5O2S2/c1-6-22-11-17(12(2)21-22)28(25,26)23-9-7-16(8-10-23)18-19-24(15(5)20-18)13(3)14(4)27-19/h11,16H,6-10H2,1-5H3. The quantitative estimate of drug-likeness (QED) is 0.647. The number of fused-ring (bicyclic) bond motifs is 1. The zero-order valence-corrected chi connectivity index (χ0v) is 18.7. The maximum atomic E-state index is 13.1. The van der Waals surface area contributed by atoms with Crippen molar-refractivity contribution in [1.29, 1.82) is 0 Å². The molecule has 0 aromatic carbocycles. The predicted molar refractivity (Wildman–Crippen MR) is 111 cm³/mol. The van der Waals surface area contributed by atoms with E-state index in [0.29, 0.717) is 36.1 Å². The third-order valence-electron chi connectivity index (χ3n) is 5.81. The van der Waals surface area contributed by atoms with E-state index in [1.54, 1.807) is 33.4 Å². The molecule has 4 heterocycles. The zero-order chi connectivity index (χ0) is 20.2. The highest BCUT2D eigenvalue weighted by molar-refractivity contribution is 7.89. The molecule has 3 aromatic rings. The van der Waals surface area contributed by atoms with Crippen LogP contribution in [0, 0.1) is 27.7 Å². The minimum Gasteiger partial charge on any atom is -0.291 e. The molecule has 9 heteroatoms. The lowest BCUT2D eigenvalue weighted by Gasteiger charge is -2.30. The molecular formula is C19H27N5O2S2. The van der Waals surface area contributed by atoms with Crippen LogP contribution in [0.3, 0.4) is 0 Å². The van der Waals surface area contributed by atoms with E-state index < -0.39 is 10.0 Å². The van der Waals surface area contributed by atoms with Gasteiger partial charge in [0, 0.05) is 42.3 Å². The maximum Gasteiger partial charge on any atom is 0.246 e. The van der Waals surface area contributed by atoms with Crippen molar-refractivity contribution in [2.75, 3.05) is 13.1 Å². The second-order valence-electron chi connectivity index (χ2n) is 7.54. The first-order chi connectivity index (χ1) is 13.2. The molecule has 0 atom stereocenters. The first-order valence-corrected chi connectivity index (χ1v) is 12.0. The highest BCUT2D eigenvalue weighted by Gasteiger charge is 2.34. The fraction of sp³-hybridized carbons (Fsp3) is 0.579. The van der Waals surface area contributed by atoms with Gasteiger partial charge in [-0.1, -0.05) is 0 Å². The van der Waals surface area contributed by atoms with Gasteiger partial charge in [0.15, 0.2) is 0 Å². The summed E-state index contributed by atoms with van der Waals surface area (Å²) in [6, 6.07) is 0. The predicted octanol–water partition coefficient (Wildman–Crippen LogP) is 3.41. The van der Waals surface area contributed by atoms with Gasteiger partial charge in [-0.3, -0.25) is 9.08 Å². The molecule has 1 aliphatic rings. The number of hydrogen-bond donors (Lipinski definition) is 0. The summed E-state index contributed by atoms with van der Waals surface area (Å²) >= 11 is 1.79. The molecule has 1 fully saturated rings. The molecule has 4 rings (SSSR count). The summed E-state index contributed by atoms with van der Waals surface area (Å²) in [4.78, 5) is 7.70. The molecule has 152 valence electrons. The Balaban J connectivity index is 1.57. The van der Waals surface area contributed by atoms with Gasteiger partial charge in [0.1, 0.15) is 15.6 Å². The molecule has 28 heavy (non-hydrogen) atoms. The van der Waals surface area contributed by atoms with Gasteiger partial charge in [-0.25, -0.2) is 13.4 Å². The van der Waals surface area contributed by atoms with E-state index in [1.165, 1.54) is 15.4 Å². The van der Waals surface area contributed by atoms with Gasteiger partial charge < -0.3 is 0 Å². The summed E-state index contributed by atoms with van der Waals surface area (Å²) in [5, 5.41) is 4.30. The number of piperidine rings is 1. The van der Waals surface area contributed by atoms with Gasteiger partial charge in [-0.15, -0.1) is 11.3 Å². The summed E-state index contributed by atoms with van der Waals surface area (Å²) in [6.45, 7) is 11.7. The lowest BCUT2D eigenvalue weighted by atomic mass is 9.95. The molecule has 1 aliphatic heterocycles. The van der Waals surface area contributed by atoms with E-state index >= 15 is 0 Å². The molecule has 0 unspecified atom stereocenters. The van der Waals surface area contributed by atoms with E-state index in [0.717, 1.165) is 24.4 Å². The van der Waals surface area contributed by atoms with Crippen LogP contribution in [0.15, 0.2) is 11.1 Å². The molecular weight excluding hydrogens is 394 g/mol.